The summed E-state index contributed by atoms with van der Waals surface area (Å²) in [5.74, 6) is 0.103. The molecule has 1 amide bonds. The molecule has 1 heterocycles. The Bertz CT molecular complexity index is 574. The molecule has 3 heteroatoms. The van der Waals surface area contributed by atoms with E-state index in [0.29, 0.717) is 13.0 Å². The summed E-state index contributed by atoms with van der Waals surface area (Å²) < 4.78 is 0. The highest BCUT2D eigenvalue weighted by molar-refractivity contribution is 7.09. The lowest BCUT2D eigenvalue weighted by Gasteiger charge is -2.06. The zero-order valence-corrected chi connectivity index (χ0v) is 11.6. The van der Waals surface area contributed by atoms with Crippen LogP contribution in [0.1, 0.15) is 28.0 Å². The third-order valence-electron chi connectivity index (χ3n) is 3.57. The van der Waals surface area contributed by atoms with E-state index in [-0.39, 0.29) is 5.91 Å². The first-order chi connectivity index (χ1) is 9.31. The van der Waals surface area contributed by atoms with E-state index in [1.807, 2.05) is 17.5 Å². The first-order valence-electron chi connectivity index (χ1n) is 6.71. The third kappa shape index (κ3) is 3.04. The molecule has 0 atom stereocenters. The Labute approximate surface area is 117 Å². The number of fused-ring (bicyclic) bond motifs is 1. The van der Waals surface area contributed by atoms with E-state index in [1.54, 1.807) is 11.3 Å². The number of amides is 1. The van der Waals surface area contributed by atoms with Gasteiger partial charge in [0.1, 0.15) is 0 Å². The summed E-state index contributed by atoms with van der Waals surface area (Å²) >= 11 is 1.67. The van der Waals surface area contributed by atoms with E-state index in [4.69, 9.17) is 0 Å². The Kier molecular flexibility index (Phi) is 3.65. The maximum absolute atomic E-state index is 11.9. The average molecular weight is 271 g/mol. The predicted molar refractivity (Wildman–Crippen MR) is 78.3 cm³/mol. The molecule has 2 aromatic rings. The van der Waals surface area contributed by atoms with Gasteiger partial charge in [-0.15, -0.1) is 11.3 Å². The number of hydrogen-bond acceptors (Lipinski definition) is 2. The van der Waals surface area contributed by atoms with Crippen LogP contribution in [0, 0.1) is 0 Å². The number of carbonyl (C=O) groups excluding carboxylic acids is 1. The highest BCUT2D eigenvalue weighted by Crippen LogP contribution is 2.22. The predicted octanol–water partition coefficient (Wildman–Crippen LogP) is 3.10. The highest BCUT2D eigenvalue weighted by atomic mass is 32.1. The third-order valence-corrected chi connectivity index (χ3v) is 4.44. The fourth-order valence-corrected chi connectivity index (χ4v) is 3.23. The van der Waals surface area contributed by atoms with Crippen LogP contribution in [-0.4, -0.2) is 5.91 Å². The second-order valence-electron chi connectivity index (χ2n) is 4.99. The minimum absolute atomic E-state index is 0.103. The van der Waals surface area contributed by atoms with Crippen molar-refractivity contribution in [1.82, 2.24) is 5.32 Å². The van der Waals surface area contributed by atoms with Gasteiger partial charge in [-0.1, -0.05) is 24.3 Å². The first kappa shape index (κ1) is 12.4. The van der Waals surface area contributed by atoms with Crippen LogP contribution < -0.4 is 5.32 Å². The fraction of sp³-hybridized carbons (Fsp3) is 0.312. The SMILES string of the molecule is O=C(Cc1ccc2c(c1)CCC2)NCc1cccs1. The van der Waals surface area contributed by atoms with E-state index < -0.39 is 0 Å². The molecular weight excluding hydrogens is 254 g/mol. The van der Waals surface area contributed by atoms with Crippen molar-refractivity contribution in [2.75, 3.05) is 0 Å². The van der Waals surface area contributed by atoms with E-state index in [2.05, 4.69) is 23.5 Å². The largest absolute Gasteiger partial charge is 0.351 e. The summed E-state index contributed by atoms with van der Waals surface area (Å²) in [4.78, 5) is 13.1. The molecule has 1 aliphatic carbocycles. The van der Waals surface area contributed by atoms with E-state index in [9.17, 15) is 4.79 Å². The van der Waals surface area contributed by atoms with Gasteiger partial charge < -0.3 is 5.32 Å². The van der Waals surface area contributed by atoms with E-state index in [0.717, 1.165) is 5.56 Å². The molecule has 0 fully saturated rings. The van der Waals surface area contributed by atoms with Gasteiger partial charge in [-0.3, -0.25) is 4.79 Å². The van der Waals surface area contributed by atoms with Gasteiger partial charge >= 0.3 is 0 Å². The van der Waals surface area contributed by atoms with Gasteiger partial charge in [0.25, 0.3) is 0 Å². The molecular formula is C16H17NOS. The first-order valence-corrected chi connectivity index (χ1v) is 7.59. The molecule has 0 saturated carbocycles. The molecule has 0 bridgehead atoms. The summed E-state index contributed by atoms with van der Waals surface area (Å²) in [5.41, 5.74) is 4.02. The van der Waals surface area contributed by atoms with Gasteiger partial charge in [-0.25, -0.2) is 0 Å². The van der Waals surface area contributed by atoms with Gasteiger partial charge in [0.05, 0.1) is 13.0 Å². The van der Waals surface area contributed by atoms with Gasteiger partial charge in [0, 0.05) is 4.88 Å². The van der Waals surface area contributed by atoms with Crippen molar-refractivity contribution in [3.63, 3.8) is 0 Å². The number of thiophene rings is 1. The van der Waals surface area contributed by atoms with E-state index in [1.165, 1.54) is 35.3 Å². The monoisotopic (exact) mass is 271 g/mol. The van der Waals surface area contributed by atoms with Gasteiger partial charge in [-0.05, 0) is 47.4 Å². The summed E-state index contributed by atoms with van der Waals surface area (Å²) in [7, 11) is 0. The van der Waals surface area contributed by atoms with Crippen molar-refractivity contribution >= 4 is 17.2 Å². The summed E-state index contributed by atoms with van der Waals surface area (Å²) in [6.45, 7) is 0.640. The molecule has 3 rings (SSSR count). The molecule has 0 aliphatic heterocycles. The minimum atomic E-state index is 0.103. The zero-order valence-electron chi connectivity index (χ0n) is 10.8. The van der Waals surface area contributed by atoms with Crippen LogP contribution in [0.5, 0.6) is 0 Å². The molecule has 98 valence electrons. The Morgan fingerprint density at radius 1 is 1.21 bits per heavy atom. The van der Waals surface area contributed by atoms with Crippen molar-refractivity contribution in [2.24, 2.45) is 0 Å². The summed E-state index contributed by atoms with van der Waals surface area (Å²) in [5, 5.41) is 5.00. The molecule has 1 aromatic heterocycles. The van der Waals surface area contributed by atoms with Crippen LogP contribution in [0.15, 0.2) is 35.7 Å². The normalized spacial score (nSPS) is 13.3. The number of hydrogen-bond donors (Lipinski definition) is 1. The highest BCUT2D eigenvalue weighted by Gasteiger charge is 2.12. The zero-order chi connectivity index (χ0) is 13.1. The standard InChI is InChI=1S/C16H17NOS/c18-16(17-11-15-5-2-8-19-15)10-12-6-7-13-3-1-4-14(13)9-12/h2,5-9H,1,3-4,10-11H2,(H,17,18). The fourth-order valence-electron chi connectivity index (χ4n) is 2.58. The van der Waals surface area contributed by atoms with Crippen LogP contribution in [0.2, 0.25) is 0 Å². The maximum atomic E-state index is 11.9. The summed E-state index contributed by atoms with van der Waals surface area (Å²) in [6, 6.07) is 10.5. The number of nitrogens with one attached hydrogen (secondary N) is 1. The van der Waals surface area contributed by atoms with Crippen LogP contribution in [0.25, 0.3) is 0 Å². The lowest BCUT2D eigenvalue weighted by atomic mass is 10.0. The molecule has 0 spiro atoms. The van der Waals surface area contributed by atoms with E-state index >= 15 is 0 Å². The Balaban J connectivity index is 1.57. The lowest BCUT2D eigenvalue weighted by molar-refractivity contribution is -0.120. The molecule has 1 aliphatic rings. The minimum Gasteiger partial charge on any atom is -0.351 e. The smallest absolute Gasteiger partial charge is 0.224 e. The second kappa shape index (κ2) is 5.57. The van der Waals surface area contributed by atoms with Crippen LogP contribution >= 0.6 is 11.3 Å². The van der Waals surface area contributed by atoms with Crippen molar-refractivity contribution in [3.05, 3.63) is 57.3 Å². The van der Waals surface area contributed by atoms with Gasteiger partial charge in [0.15, 0.2) is 0 Å². The lowest BCUT2D eigenvalue weighted by Crippen LogP contribution is -2.24. The van der Waals surface area contributed by atoms with Crippen molar-refractivity contribution in [1.29, 1.82) is 0 Å². The molecule has 0 unspecified atom stereocenters. The molecule has 0 saturated heterocycles. The van der Waals surface area contributed by atoms with Crippen LogP contribution in [-0.2, 0) is 30.6 Å². The molecule has 2 nitrogen and oxygen atoms in total. The Morgan fingerprint density at radius 3 is 2.95 bits per heavy atom. The van der Waals surface area contributed by atoms with Crippen LogP contribution in [0.4, 0.5) is 0 Å². The van der Waals surface area contributed by atoms with Crippen molar-refractivity contribution < 1.29 is 4.79 Å². The Morgan fingerprint density at radius 2 is 2.11 bits per heavy atom. The number of carbonyl (C=O) groups is 1. The van der Waals surface area contributed by atoms with Crippen molar-refractivity contribution in [2.45, 2.75) is 32.2 Å². The maximum Gasteiger partial charge on any atom is 0.224 e. The molecule has 1 N–H and O–H groups in total. The topological polar surface area (TPSA) is 29.1 Å². The van der Waals surface area contributed by atoms with Crippen molar-refractivity contribution in [3.8, 4) is 0 Å². The number of aryl methyl sites for hydroxylation is 2. The van der Waals surface area contributed by atoms with Crippen LogP contribution in [0.3, 0.4) is 0 Å². The molecule has 1 aromatic carbocycles. The van der Waals surface area contributed by atoms with Gasteiger partial charge in [-0.2, -0.15) is 0 Å². The average Bonchev–Trinajstić information content (AvgIpc) is 3.07. The van der Waals surface area contributed by atoms with Gasteiger partial charge in [0.2, 0.25) is 5.91 Å². The summed E-state index contributed by atoms with van der Waals surface area (Å²) in [6.07, 6.45) is 4.10. The molecule has 0 radical (unpaired) electrons. The molecule has 19 heavy (non-hydrogen) atoms. The quantitative estimate of drug-likeness (QED) is 0.909. The second-order valence-corrected chi connectivity index (χ2v) is 6.02. The Hall–Kier alpha value is -1.61. The number of benzene rings is 1. The number of rotatable bonds is 4.